The molecule has 3 rings (SSSR count). The summed E-state index contributed by atoms with van der Waals surface area (Å²) in [6.07, 6.45) is 7.73. The quantitative estimate of drug-likeness (QED) is 0.802. The molecular formula is C20H22N2O4. The summed E-state index contributed by atoms with van der Waals surface area (Å²) in [7, 11) is 0. The van der Waals surface area contributed by atoms with E-state index >= 15 is 0 Å². The highest BCUT2D eigenvalue weighted by atomic mass is 16.4. The molecule has 1 aliphatic heterocycles. The Morgan fingerprint density at radius 3 is 2.15 bits per heavy atom. The van der Waals surface area contributed by atoms with Crippen LogP contribution >= 0.6 is 0 Å². The number of pyridine rings is 1. The first-order chi connectivity index (χ1) is 12.5. The third-order valence-electron chi connectivity index (χ3n) is 3.88. The summed E-state index contributed by atoms with van der Waals surface area (Å²) < 4.78 is 0. The molecule has 0 unspecified atom stereocenters. The Morgan fingerprint density at radius 1 is 0.962 bits per heavy atom. The zero-order chi connectivity index (χ0) is 18.8. The predicted molar refractivity (Wildman–Crippen MR) is 98.6 cm³/mol. The number of carboxylic acids is 2. The van der Waals surface area contributed by atoms with Gasteiger partial charge in [-0.2, -0.15) is 0 Å². The fourth-order valence-electron chi connectivity index (χ4n) is 2.70. The van der Waals surface area contributed by atoms with E-state index in [0.29, 0.717) is 12.2 Å². The van der Waals surface area contributed by atoms with Gasteiger partial charge in [-0.05, 0) is 43.1 Å². The normalized spacial score (nSPS) is 14.0. The van der Waals surface area contributed by atoms with Crippen molar-refractivity contribution in [3.05, 3.63) is 66.5 Å². The predicted octanol–water partition coefficient (Wildman–Crippen LogP) is 3.06. The monoisotopic (exact) mass is 354 g/mol. The minimum absolute atomic E-state index is 0.558. The van der Waals surface area contributed by atoms with Crippen LogP contribution in [-0.4, -0.2) is 45.1 Å². The maximum atomic E-state index is 9.55. The van der Waals surface area contributed by atoms with E-state index in [1.54, 1.807) is 0 Å². The van der Waals surface area contributed by atoms with Gasteiger partial charge in [-0.3, -0.25) is 9.88 Å². The van der Waals surface area contributed by atoms with E-state index in [-0.39, 0.29) is 0 Å². The van der Waals surface area contributed by atoms with Crippen molar-refractivity contribution in [3.8, 4) is 11.1 Å². The van der Waals surface area contributed by atoms with Crippen molar-refractivity contribution in [2.24, 2.45) is 0 Å². The Kier molecular flexibility index (Phi) is 7.51. The number of aromatic nitrogens is 1. The van der Waals surface area contributed by atoms with E-state index in [9.17, 15) is 9.59 Å². The van der Waals surface area contributed by atoms with Crippen molar-refractivity contribution in [2.75, 3.05) is 13.1 Å². The van der Waals surface area contributed by atoms with Gasteiger partial charge in [-0.25, -0.2) is 9.59 Å². The maximum absolute atomic E-state index is 9.55. The van der Waals surface area contributed by atoms with Crippen LogP contribution in [0.1, 0.15) is 18.4 Å². The second kappa shape index (κ2) is 10.1. The van der Waals surface area contributed by atoms with Crippen LogP contribution in [-0.2, 0) is 16.1 Å². The minimum atomic E-state index is -1.26. The molecule has 2 N–H and O–H groups in total. The summed E-state index contributed by atoms with van der Waals surface area (Å²) in [4.78, 5) is 26.0. The molecule has 26 heavy (non-hydrogen) atoms. The molecule has 1 saturated heterocycles. The van der Waals surface area contributed by atoms with Crippen LogP contribution in [0.4, 0.5) is 0 Å². The summed E-state index contributed by atoms with van der Waals surface area (Å²) in [5.74, 6) is -2.51. The lowest BCUT2D eigenvalue weighted by Gasteiger charge is -2.14. The average Bonchev–Trinajstić information content (AvgIpc) is 3.14. The molecule has 1 aliphatic rings. The van der Waals surface area contributed by atoms with Crippen LogP contribution < -0.4 is 0 Å². The van der Waals surface area contributed by atoms with Crippen LogP contribution in [0.15, 0.2) is 60.9 Å². The van der Waals surface area contributed by atoms with Crippen molar-refractivity contribution < 1.29 is 19.8 Å². The van der Waals surface area contributed by atoms with E-state index in [1.165, 1.54) is 42.6 Å². The molecule has 2 aromatic rings. The molecule has 136 valence electrons. The summed E-state index contributed by atoms with van der Waals surface area (Å²) in [6.45, 7) is 3.50. The largest absolute Gasteiger partial charge is 0.478 e. The van der Waals surface area contributed by atoms with Crippen LogP contribution in [0.3, 0.4) is 0 Å². The molecule has 0 amide bonds. The van der Waals surface area contributed by atoms with Crippen LogP contribution in [0.5, 0.6) is 0 Å². The number of benzene rings is 1. The Morgan fingerprint density at radius 2 is 1.58 bits per heavy atom. The number of rotatable bonds is 5. The molecule has 0 bridgehead atoms. The number of likely N-dealkylation sites (tertiary alicyclic amines) is 1. The van der Waals surface area contributed by atoms with Crippen LogP contribution in [0.25, 0.3) is 11.1 Å². The number of hydrogen-bond donors (Lipinski definition) is 2. The molecule has 1 aromatic heterocycles. The standard InChI is InChI=1S/C16H18N2.C4H4O4/c1-2-6-15(7-3-1)16-10-14(11-17-12-16)13-18-8-4-5-9-18;5-3(6)1-2-4(7)8/h1-3,6-7,10-12H,4-5,8-9,13H2;1-2H,(H,5,6)(H,7,8). The number of carboxylic acid groups (broad SMARTS) is 2. The van der Waals surface area contributed by atoms with Gasteiger partial charge in [-0.1, -0.05) is 30.3 Å². The summed E-state index contributed by atoms with van der Waals surface area (Å²) in [5.41, 5.74) is 3.78. The van der Waals surface area contributed by atoms with Gasteiger partial charge in [0.15, 0.2) is 0 Å². The zero-order valence-electron chi connectivity index (χ0n) is 14.4. The Labute approximate surface area is 152 Å². The molecule has 1 fully saturated rings. The molecular weight excluding hydrogens is 332 g/mol. The lowest BCUT2D eigenvalue weighted by molar-refractivity contribution is -0.134. The number of nitrogens with zero attached hydrogens (tertiary/aromatic N) is 2. The van der Waals surface area contributed by atoms with Gasteiger partial charge in [-0.15, -0.1) is 0 Å². The smallest absolute Gasteiger partial charge is 0.328 e. The average molecular weight is 354 g/mol. The zero-order valence-corrected chi connectivity index (χ0v) is 14.4. The molecule has 0 saturated carbocycles. The molecule has 0 spiro atoms. The Hall–Kier alpha value is -2.99. The first kappa shape index (κ1) is 19.3. The maximum Gasteiger partial charge on any atom is 0.328 e. The Balaban J connectivity index is 0.000000260. The van der Waals surface area contributed by atoms with Gasteiger partial charge >= 0.3 is 11.9 Å². The first-order valence-electron chi connectivity index (χ1n) is 8.40. The van der Waals surface area contributed by atoms with Gasteiger partial charge in [0.25, 0.3) is 0 Å². The second-order valence-electron chi connectivity index (χ2n) is 5.94. The third kappa shape index (κ3) is 6.86. The molecule has 1 aromatic carbocycles. The second-order valence-corrected chi connectivity index (χ2v) is 5.94. The lowest BCUT2D eigenvalue weighted by Crippen LogP contribution is -2.18. The topological polar surface area (TPSA) is 90.7 Å². The molecule has 0 aliphatic carbocycles. The SMILES string of the molecule is O=C(O)C=CC(=O)O.c1ccc(-c2cncc(CN3CCCC3)c2)cc1. The molecule has 0 radical (unpaired) electrons. The van der Waals surface area contributed by atoms with E-state index in [4.69, 9.17) is 10.2 Å². The molecule has 0 atom stereocenters. The van der Waals surface area contributed by atoms with E-state index in [1.807, 2.05) is 18.5 Å². The summed E-state index contributed by atoms with van der Waals surface area (Å²) in [6, 6.07) is 12.7. The van der Waals surface area contributed by atoms with Crippen LogP contribution in [0.2, 0.25) is 0 Å². The van der Waals surface area contributed by atoms with Gasteiger partial charge in [0, 0.05) is 36.7 Å². The van der Waals surface area contributed by atoms with E-state index in [0.717, 1.165) is 6.54 Å². The van der Waals surface area contributed by atoms with Crippen molar-refractivity contribution in [3.63, 3.8) is 0 Å². The summed E-state index contributed by atoms with van der Waals surface area (Å²) >= 11 is 0. The highest BCUT2D eigenvalue weighted by Gasteiger charge is 2.12. The van der Waals surface area contributed by atoms with E-state index in [2.05, 4.69) is 40.2 Å². The fourth-order valence-corrected chi connectivity index (χ4v) is 2.70. The lowest BCUT2D eigenvalue weighted by atomic mass is 10.1. The van der Waals surface area contributed by atoms with Gasteiger partial charge in [0.2, 0.25) is 0 Å². The van der Waals surface area contributed by atoms with Gasteiger partial charge in [0.05, 0.1) is 0 Å². The van der Waals surface area contributed by atoms with Crippen molar-refractivity contribution in [2.45, 2.75) is 19.4 Å². The summed E-state index contributed by atoms with van der Waals surface area (Å²) in [5, 5.41) is 15.6. The first-order valence-corrected chi connectivity index (χ1v) is 8.40. The fraction of sp³-hybridized carbons (Fsp3) is 0.250. The van der Waals surface area contributed by atoms with E-state index < -0.39 is 11.9 Å². The molecule has 6 heteroatoms. The van der Waals surface area contributed by atoms with Crippen molar-refractivity contribution in [1.82, 2.24) is 9.88 Å². The Bertz CT molecular complexity index is 737. The van der Waals surface area contributed by atoms with Crippen LogP contribution in [0, 0.1) is 0 Å². The third-order valence-corrected chi connectivity index (χ3v) is 3.88. The minimum Gasteiger partial charge on any atom is -0.478 e. The van der Waals surface area contributed by atoms with Gasteiger partial charge < -0.3 is 10.2 Å². The number of aliphatic carboxylic acids is 2. The number of carbonyl (C=O) groups is 2. The van der Waals surface area contributed by atoms with Gasteiger partial charge in [0.1, 0.15) is 0 Å². The number of hydrogen-bond acceptors (Lipinski definition) is 4. The molecule has 2 heterocycles. The van der Waals surface area contributed by atoms with Crippen molar-refractivity contribution >= 4 is 11.9 Å². The highest BCUT2D eigenvalue weighted by Crippen LogP contribution is 2.20. The van der Waals surface area contributed by atoms with Crippen molar-refractivity contribution in [1.29, 1.82) is 0 Å². The molecule has 6 nitrogen and oxygen atoms in total. The highest BCUT2D eigenvalue weighted by molar-refractivity contribution is 5.89.